The van der Waals surface area contributed by atoms with Crippen molar-refractivity contribution in [3.8, 4) is 5.75 Å². The van der Waals surface area contributed by atoms with Gasteiger partial charge in [0, 0.05) is 6.42 Å². The number of ether oxygens (including phenoxy) is 1. The molecule has 1 atom stereocenters. The highest BCUT2D eigenvalue weighted by Gasteiger charge is 2.16. The van der Waals surface area contributed by atoms with Crippen LogP contribution in [0.3, 0.4) is 0 Å². The quantitative estimate of drug-likeness (QED) is 0.631. The molecule has 0 saturated carbocycles. The summed E-state index contributed by atoms with van der Waals surface area (Å²) in [6.45, 7) is 2.02. The minimum atomic E-state index is -0.612. The number of benzene rings is 1. The Morgan fingerprint density at radius 3 is 3.17 bits per heavy atom. The van der Waals surface area contributed by atoms with Gasteiger partial charge in [-0.3, -0.25) is 0 Å². The maximum atomic E-state index is 9.22. The van der Waals surface area contributed by atoms with Crippen LogP contribution in [-0.2, 0) is 6.42 Å². The van der Waals surface area contributed by atoms with Gasteiger partial charge in [0.05, 0.1) is 0 Å². The van der Waals surface area contributed by atoms with E-state index in [1.54, 1.807) is 0 Å². The van der Waals surface area contributed by atoms with E-state index >= 15 is 0 Å². The maximum Gasteiger partial charge on any atom is 0.197 e. The van der Waals surface area contributed by atoms with Gasteiger partial charge in [0.1, 0.15) is 5.75 Å². The first-order valence-electron chi connectivity index (χ1n) is 4.20. The van der Waals surface area contributed by atoms with Crippen molar-refractivity contribution in [2.24, 2.45) is 0 Å². The lowest BCUT2D eigenvalue weighted by atomic mass is 10.0. The molecule has 1 heterocycles. The zero-order valence-electron chi connectivity index (χ0n) is 7.08. The van der Waals surface area contributed by atoms with E-state index in [2.05, 4.69) is 12.1 Å². The summed E-state index contributed by atoms with van der Waals surface area (Å²) in [6.07, 6.45) is 1.01. The van der Waals surface area contributed by atoms with Gasteiger partial charge in [0.25, 0.3) is 0 Å². The topological polar surface area (TPSA) is 29.5 Å². The first-order valence-corrected chi connectivity index (χ1v) is 4.20. The lowest BCUT2D eigenvalue weighted by Crippen LogP contribution is -2.21. The standard InChI is InChI=1S/C10H12O2/c1-7-2-3-8-4-5-10(11)12-9(8)6-7/h2-3,6,10-11H,4-5H2,1H3. The second kappa shape index (κ2) is 2.79. The summed E-state index contributed by atoms with van der Waals surface area (Å²) >= 11 is 0. The molecule has 0 saturated heterocycles. The van der Waals surface area contributed by atoms with Crippen LogP contribution in [0, 0.1) is 6.92 Å². The molecule has 64 valence electrons. The monoisotopic (exact) mass is 164 g/mol. The van der Waals surface area contributed by atoms with Crippen molar-refractivity contribution in [3.05, 3.63) is 29.3 Å². The molecule has 0 aliphatic carbocycles. The minimum Gasteiger partial charge on any atom is -0.465 e. The highest BCUT2D eigenvalue weighted by Crippen LogP contribution is 2.27. The highest BCUT2D eigenvalue weighted by atomic mass is 16.6. The molecular weight excluding hydrogens is 152 g/mol. The molecule has 1 N–H and O–H groups in total. The molecule has 2 nitrogen and oxygen atoms in total. The van der Waals surface area contributed by atoms with Gasteiger partial charge < -0.3 is 9.84 Å². The van der Waals surface area contributed by atoms with E-state index in [0.717, 1.165) is 12.2 Å². The fourth-order valence-corrected chi connectivity index (χ4v) is 1.46. The summed E-state index contributed by atoms with van der Waals surface area (Å²) < 4.78 is 5.27. The zero-order valence-corrected chi connectivity index (χ0v) is 7.08. The summed E-state index contributed by atoms with van der Waals surface area (Å²) in [5.41, 5.74) is 2.37. The SMILES string of the molecule is Cc1ccc2c(c1)OC(O)CC2. The molecule has 0 bridgehead atoms. The van der Waals surface area contributed by atoms with Crippen molar-refractivity contribution < 1.29 is 9.84 Å². The fourth-order valence-electron chi connectivity index (χ4n) is 1.46. The Hall–Kier alpha value is -1.02. The molecule has 2 heteroatoms. The average molecular weight is 164 g/mol. The smallest absolute Gasteiger partial charge is 0.197 e. The predicted octanol–water partition coefficient (Wildman–Crippen LogP) is 1.64. The number of hydrogen-bond acceptors (Lipinski definition) is 2. The summed E-state index contributed by atoms with van der Waals surface area (Å²) in [6, 6.07) is 6.11. The summed E-state index contributed by atoms with van der Waals surface area (Å²) in [5, 5.41) is 9.22. The van der Waals surface area contributed by atoms with Crippen LogP contribution in [0.5, 0.6) is 5.75 Å². The van der Waals surface area contributed by atoms with Crippen molar-refractivity contribution >= 4 is 0 Å². The molecule has 1 aromatic rings. The van der Waals surface area contributed by atoms with Crippen LogP contribution in [0.25, 0.3) is 0 Å². The molecule has 0 aromatic heterocycles. The molecule has 1 aromatic carbocycles. The van der Waals surface area contributed by atoms with Gasteiger partial charge >= 0.3 is 0 Å². The van der Waals surface area contributed by atoms with Crippen LogP contribution in [0.1, 0.15) is 17.5 Å². The fraction of sp³-hybridized carbons (Fsp3) is 0.400. The molecule has 12 heavy (non-hydrogen) atoms. The average Bonchev–Trinajstić information content (AvgIpc) is 2.03. The largest absolute Gasteiger partial charge is 0.465 e. The van der Waals surface area contributed by atoms with E-state index in [-0.39, 0.29) is 0 Å². The predicted molar refractivity (Wildman–Crippen MR) is 46.1 cm³/mol. The molecule has 0 amide bonds. The molecule has 0 spiro atoms. The van der Waals surface area contributed by atoms with Crippen molar-refractivity contribution in [2.75, 3.05) is 0 Å². The maximum absolute atomic E-state index is 9.22. The summed E-state index contributed by atoms with van der Waals surface area (Å²) in [7, 11) is 0. The Labute approximate surface area is 71.8 Å². The minimum absolute atomic E-state index is 0.612. The van der Waals surface area contributed by atoms with Gasteiger partial charge in [-0.05, 0) is 30.5 Å². The van der Waals surface area contributed by atoms with Crippen LogP contribution in [-0.4, -0.2) is 11.4 Å². The zero-order chi connectivity index (χ0) is 8.55. The molecular formula is C10H12O2. The second-order valence-electron chi connectivity index (χ2n) is 3.22. The molecule has 0 fully saturated rings. The summed E-state index contributed by atoms with van der Waals surface area (Å²) in [5.74, 6) is 0.841. The van der Waals surface area contributed by atoms with Crippen LogP contribution in [0.4, 0.5) is 0 Å². The van der Waals surface area contributed by atoms with E-state index in [1.165, 1.54) is 11.1 Å². The van der Waals surface area contributed by atoms with Crippen LogP contribution >= 0.6 is 0 Å². The molecule has 1 aliphatic heterocycles. The van der Waals surface area contributed by atoms with E-state index in [0.29, 0.717) is 6.42 Å². The Balaban J connectivity index is 2.37. The molecule has 0 radical (unpaired) electrons. The van der Waals surface area contributed by atoms with Crippen molar-refractivity contribution in [1.82, 2.24) is 0 Å². The number of hydrogen-bond donors (Lipinski definition) is 1. The molecule has 1 aliphatic rings. The number of rotatable bonds is 0. The number of fused-ring (bicyclic) bond motifs is 1. The van der Waals surface area contributed by atoms with Crippen molar-refractivity contribution in [2.45, 2.75) is 26.1 Å². The van der Waals surface area contributed by atoms with E-state index in [4.69, 9.17) is 4.74 Å². The highest BCUT2D eigenvalue weighted by molar-refractivity contribution is 5.38. The molecule has 2 rings (SSSR count). The van der Waals surface area contributed by atoms with Crippen LogP contribution < -0.4 is 4.74 Å². The Morgan fingerprint density at radius 1 is 1.50 bits per heavy atom. The Bertz CT molecular complexity index is 294. The Morgan fingerprint density at radius 2 is 2.33 bits per heavy atom. The third-order valence-electron chi connectivity index (χ3n) is 2.15. The molecule has 1 unspecified atom stereocenters. The van der Waals surface area contributed by atoms with Gasteiger partial charge in [0.15, 0.2) is 6.29 Å². The van der Waals surface area contributed by atoms with Gasteiger partial charge in [0.2, 0.25) is 0 Å². The van der Waals surface area contributed by atoms with Crippen LogP contribution in [0.2, 0.25) is 0 Å². The third kappa shape index (κ3) is 1.30. The van der Waals surface area contributed by atoms with Crippen LogP contribution in [0.15, 0.2) is 18.2 Å². The Kier molecular flexibility index (Phi) is 1.77. The van der Waals surface area contributed by atoms with Crippen molar-refractivity contribution in [1.29, 1.82) is 0 Å². The van der Waals surface area contributed by atoms with E-state index < -0.39 is 6.29 Å². The first kappa shape index (κ1) is 7.62. The second-order valence-corrected chi connectivity index (χ2v) is 3.22. The van der Waals surface area contributed by atoms with Gasteiger partial charge in [-0.2, -0.15) is 0 Å². The van der Waals surface area contributed by atoms with E-state index in [1.807, 2.05) is 13.0 Å². The van der Waals surface area contributed by atoms with Gasteiger partial charge in [-0.15, -0.1) is 0 Å². The lowest BCUT2D eigenvalue weighted by Gasteiger charge is -2.22. The normalized spacial score (nSPS) is 21.3. The van der Waals surface area contributed by atoms with Gasteiger partial charge in [-0.25, -0.2) is 0 Å². The number of aryl methyl sites for hydroxylation is 2. The first-order chi connectivity index (χ1) is 5.75. The number of aliphatic hydroxyl groups is 1. The third-order valence-corrected chi connectivity index (χ3v) is 2.15. The van der Waals surface area contributed by atoms with Crippen molar-refractivity contribution in [3.63, 3.8) is 0 Å². The summed E-state index contributed by atoms with van der Waals surface area (Å²) in [4.78, 5) is 0. The van der Waals surface area contributed by atoms with E-state index in [9.17, 15) is 5.11 Å². The van der Waals surface area contributed by atoms with Gasteiger partial charge in [-0.1, -0.05) is 12.1 Å². The lowest BCUT2D eigenvalue weighted by molar-refractivity contribution is -0.0316. The number of aliphatic hydroxyl groups excluding tert-OH is 1.